The van der Waals surface area contributed by atoms with Gasteiger partial charge in [0, 0.05) is 10.6 Å². The molecule has 1 atom stereocenters. The van der Waals surface area contributed by atoms with Crippen molar-refractivity contribution >= 4 is 17.5 Å². The van der Waals surface area contributed by atoms with Crippen molar-refractivity contribution in [2.45, 2.75) is 32.7 Å². The quantitative estimate of drug-likeness (QED) is 0.816. The van der Waals surface area contributed by atoms with Crippen LogP contribution < -0.4 is 5.32 Å². The summed E-state index contributed by atoms with van der Waals surface area (Å²) >= 11 is 5.97. The first-order chi connectivity index (χ1) is 8.10. The third kappa shape index (κ3) is 3.51. The van der Waals surface area contributed by atoms with E-state index in [1.54, 1.807) is 18.2 Å². The van der Waals surface area contributed by atoms with Crippen molar-refractivity contribution in [3.05, 3.63) is 34.3 Å². The number of amides is 1. The minimum absolute atomic E-state index is 0.165. The number of nitrogens with one attached hydrogen (secondary N) is 1. The molecule has 17 heavy (non-hydrogen) atoms. The lowest BCUT2D eigenvalue weighted by Crippen LogP contribution is -2.34. The summed E-state index contributed by atoms with van der Waals surface area (Å²) < 4.78 is 0. The molecule has 90 valence electrons. The van der Waals surface area contributed by atoms with Crippen LogP contribution in [0.25, 0.3) is 0 Å². The molecule has 0 aliphatic carbocycles. The molecule has 0 heterocycles. The summed E-state index contributed by atoms with van der Waals surface area (Å²) in [6.07, 6.45) is 7.08. The molecule has 1 aromatic carbocycles. The summed E-state index contributed by atoms with van der Waals surface area (Å²) in [5.41, 5.74) is 1.35. The molecule has 0 aliphatic heterocycles. The first-order valence-corrected chi connectivity index (χ1v) is 6.00. The molecule has 0 aromatic heterocycles. The fourth-order valence-corrected chi connectivity index (χ4v) is 1.75. The van der Waals surface area contributed by atoms with Crippen molar-refractivity contribution in [1.82, 2.24) is 5.32 Å². The molecule has 1 N–H and O–H groups in total. The highest BCUT2D eigenvalue weighted by molar-refractivity contribution is 6.31. The molecule has 0 fully saturated rings. The van der Waals surface area contributed by atoms with E-state index in [0.29, 0.717) is 10.6 Å². The summed E-state index contributed by atoms with van der Waals surface area (Å²) in [6.45, 7) is 3.85. The third-order valence-electron chi connectivity index (χ3n) is 2.60. The Bertz CT molecular complexity index is 448. The van der Waals surface area contributed by atoms with E-state index < -0.39 is 0 Å². The van der Waals surface area contributed by atoms with Gasteiger partial charge in [0.25, 0.3) is 5.91 Å². The van der Waals surface area contributed by atoms with E-state index in [4.69, 9.17) is 18.0 Å². The summed E-state index contributed by atoms with van der Waals surface area (Å²) in [7, 11) is 0. The van der Waals surface area contributed by atoms with Crippen LogP contribution in [0.4, 0.5) is 0 Å². The normalized spacial score (nSPS) is 11.6. The van der Waals surface area contributed by atoms with Crippen molar-refractivity contribution in [3.63, 3.8) is 0 Å². The maximum Gasteiger partial charge on any atom is 0.252 e. The highest BCUT2D eigenvalue weighted by atomic mass is 35.5. The summed E-state index contributed by atoms with van der Waals surface area (Å²) in [6, 6.07) is 5.05. The number of rotatable bonds is 4. The van der Waals surface area contributed by atoms with E-state index in [0.717, 1.165) is 18.4 Å². The van der Waals surface area contributed by atoms with Gasteiger partial charge in [-0.25, -0.2) is 0 Å². The predicted molar refractivity (Wildman–Crippen MR) is 71.2 cm³/mol. The van der Waals surface area contributed by atoms with E-state index in [2.05, 4.69) is 11.2 Å². The smallest absolute Gasteiger partial charge is 0.252 e. The average Bonchev–Trinajstić information content (AvgIpc) is 2.31. The second-order valence-electron chi connectivity index (χ2n) is 3.89. The van der Waals surface area contributed by atoms with Gasteiger partial charge in [-0.05, 0) is 31.0 Å². The number of terminal acetylenes is 1. The Hall–Kier alpha value is -1.46. The monoisotopic (exact) mass is 249 g/mol. The summed E-state index contributed by atoms with van der Waals surface area (Å²) in [4.78, 5) is 12.0. The van der Waals surface area contributed by atoms with Crippen molar-refractivity contribution in [2.75, 3.05) is 0 Å². The predicted octanol–water partition coefficient (Wildman–Crippen LogP) is 3.18. The number of halogens is 1. The molecule has 1 amide bonds. The van der Waals surface area contributed by atoms with E-state index in [-0.39, 0.29) is 11.9 Å². The third-order valence-corrected chi connectivity index (χ3v) is 3.01. The Morgan fingerprint density at radius 1 is 1.59 bits per heavy atom. The van der Waals surface area contributed by atoms with Crippen LogP contribution in [0.3, 0.4) is 0 Å². The Labute approximate surface area is 107 Å². The molecule has 0 aliphatic rings. The van der Waals surface area contributed by atoms with E-state index in [1.165, 1.54) is 0 Å². The number of hydrogen-bond donors (Lipinski definition) is 1. The van der Waals surface area contributed by atoms with Crippen LogP contribution in [-0.2, 0) is 0 Å². The first-order valence-electron chi connectivity index (χ1n) is 5.62. The number of hydrogen-bond acceptors (Lipinski definition) is 1. The lowest BCUT2D eigenvalue weighted by atomic mass is 10.1. The van der Waals surface area contributed by atoms with Gasteiger partial charge < -0.3 is 5.32 Å². The molecule has 0 bridgehead atoms. The molecule has 3 heteroatoms. The van der Waals surface area contributed by atoms with Gasteiger partial charge in [0.1, 0.15) is 0 Å². The van der Waals surface area contributed by atoms with Gasteiger partial charge >= 0.3 is 0 Å². The van der Waals surface area contributed by atoms with Gasteiger partial charge in [-0.1, -0.05) is 36.9 Å². The second-order valence-corrected chi connectivity index (χ2v) is 4.30. The topological polar surface area (TPSA) is 29.1 Å². The molecule has 1 rings (SSSR count). The van der Waals surface area contributed by atoms with Crippen LogP contribution in [0, 0.1) is 19.3 Å². The van der Waals surface area contributed by atoms with Crippen molar-refractivity contribution in [3.8, 4) is 12.3 Å². The van der Waals surface area contributed by atoms with Gasteiger partial charge in [-0.3, -0.25) is 4.79 Å². The molecule has 1 aromatic rings. The summed E-state index contributed by atoms with van der Waals surface area (Å²) in [5.74, 6) is 2.41. The van der Waals surface area contributed by atoms with Crippen molar-refractivity contribution < 1.29 is 4.79 Å². The van der Waals surface area contributed by atoms with Crippen molar-refractivity contribution in [1.29, 1.82) is 0 Å². The summed E-state index contributed by atoms with van der Waals surface area (Å²) in [5, 5.41) is 3.41. The molecule has 0 spiro atoms. The van der Waals surface area contributed by atoms with Gasteiger partial charge in [0.2, 0.25) is 0 Å². The zero-order chi connectivity index (χ0) is 12.8. The Morgan fingerprint density at radius 2 is 2.29 bits per heavy atom. The largest absolute Gasteiger partial charge is 0.338 e. The van der Waals surface area contributed by atoms with Gasteiger partial charge in [0.15, 0.2) is 0 Å². The lowest BCUT2D eigenvalue weighted by molar-refractivity contribution is 0.0943. The zero-order valence-electron chi connectivity index (χ0n) is 10.1. The van der Waals surface area contributed by atoms with Crippen LogP contribution in [0.15, 0.2) is 18.2 Å². The minimum atomic E-state index is -0.217. The highest BCUT2D eigenvalue weighted by Gasteiger charge is 2.13. The fourth-order valence-electron chi connectivity index (χ4n) is 1.58. The maximum absolute atomic E-state index is 12.0. The fraction of sp³-hybridized carbons (Fsp3) is 0.357. The molecule has 1 unspecified atom stereocenters. The molecule has 0 radical (unpaired) electrons. The van der Waals surface area contributed by atoms with Gasteiger partial charge in [-0.2, -0.15) is 0 Å². The van der Waals surface area contributed by atoms with Gasteiger partial charge in [0.05, 0.1) is 6.04 Å². The number of benzene rings is 1. The van der Waals surface area contributed by atoms with Crippen LogP contribution in [0.2, 0.25) is 5.02 Å². The Balaban J connectivity index is 2.83. The van der Waals surface area contributed by atoms with Crippen molar-refractivity contribution in [2.24, 2.45) is 0 Å². The van der Waals surface area contributed by atoms with Crippen LogP contribution >= 0.6 is 11.6 Å². The second kappa shape index (κ2) is 6.32. The zero-order valence-corrected chi connectivity index (χ0v) is 10.8. The van der Waals surface area contributed by atoms with Crippen LogP contribution in [0.1, 0.15) is 35.7 Å². The van der Waals surface area contributed by atoms with E-state index in [9.17, 15) is 4.79 Å². The SMILES string of the molecule is C#CC(CCC)NC(=O)c1cccc(Cl)c1C. The van der Waals surface area contributed by atoms with Crippen LogP contribution in [-0.4, -0.2) is 11.9 Å². The standard InChI is InChI=1S/C14H16ClNO/c1-4-7-11(5-2)16-14(17)12-8-6-9-13(15)10(12)3/h2,6,8-9,11H,4,7H2,1,3H3,(H,16,17). The minimum Gasteiger partial charge on any atom is -0.338 e. The lowest BCUT2D eigenvalue weighted by Gasteiger charge is -2.13. The highest BCUT2D eigenvalue weighted by Crippen LogP contribution is 2.18. The maximum atomic E-state index is 12.0. The molecular formula is C14H16ClNO. The van der Waals surface area contributed by atoms with Gasteiger partial charge in [-0.15, -0.1) is 6.42 Å². The molecule has 0 saturated heterocycles. The van der Waals surface area contributed by atoms with E-state index in [1.807, 2.05) is 13.8 Å². The van der Waals surface area contributed by atoms with Crippen LogP contribution in [0.5, 0.6) is 0 Å². The molecular weight excluding hydrogens is 234 g/mol. The molecule has 0 saturated carbocycles. The average molecular weight is 250 g/mol. The molecule has 2 nitrogen and oxygen atoms in total. The Morgan fingerprint density at radius 3 is 2.88 bits per heavy atom. The Kier molecular flexibility index (Phi) is 5.06. The number of carbonyl (C=O) groups excluding carboxylic acids is 1. The number of carbonyl (C=O) groups is 1. The first kappa shape index (κ1) is 13.6. The van der Waals surface area contributed by atoms with E-state index >= 15 is 0 Å².